The molecule has 1 aromatic heterocycles. The third-order valence-corrected chi connectivity index (χ3v) is 3.82. The van der Waals surface area contributed by atoms with Gasteiger partial charge in [0.05, 0.1) is 11.1 Å². The third-order valence-electron chi connectivity index (χ3n) is 2.93. The molecular weight excluding hydrogens is 264 g/mol. The van der Waals surface area contributed by atoms with Crippen LogP contribution in [0.25, 0.3) is 0 Å². The highest BCUT2D eigenvalue weighted by Crippen LogP contribution is 2.22. The van der Waals surface area contributed by atoms with Crippen LogP contribution in [0.2, 0.25) is 0 Å². The highest BCUT2D eigenvalue weighted by Gasteiger charge is 2.15. The van der Waals surface area contributed by atoms with Gasteiger partial charge < -0.3 is 10.2 Å². The van der Waals surface area contributed by atoms with E-state index < -0.39 is 11.9 Å². The molecule has 19 heavy (non-hydrogen) atoms. The Hall–Kier alpha value is -2.14. The van der Waals surface area contributed by atoms with Crippen molar-refractivity contribution >= 4 is 23.3 Å². The number of carboxylic acids is 2. The van der Waals surface area contributed by atoms with Crippen molar-refractivity contribution in [2.45, 2.75) is 13.3 Å². The normalized spacial score (nSPS) is 10.4. The summed E-state index contributed by atoms with van der Waals surface area (Å²) in [6, 6.07) is 6.17. The second-order valence-corrected chi connectivity index (χ2v) is 5.28. The minimum atomic E-state index is -1.12. The van der Waals surface area contributed by atoms with Gasteiger partial charge in [0.1, 0.15) is 0 Å². The molecule has 1 aromatic carbocycles. The number of rotatable bonds is 4. The van der Waals surface area contributed by atoms with Gasteiger partial charge >= 0.3 is 11.9 Å². The third kappa shape index (κ3) is 2.82. The maximum atomic E-state index is 11.2. The number of benzene rings is 1. The minimum Gasteiger partial charge on any atom is -0.478 e. The van der Waals surface area contributed by atoms with Crippen molar-refractivity contribution in [3.63, 3.8) is 0 Å². The molecule has 0 fully saturated rings. The Morgan fingerprint density at radius 2 is 1.84 bits per heavy atom. The van der Waals surface area contributed by atoms with Gasteiger partial charge in [-0.3, -0.25) is 0 Å². The van der Waals surface area contributed by atoms with Crippen molar-refractivity contribution in [1.82, 2.24) is 0 Å². The Morgan fingerprint density at radius 3 is 2.37 bits per heavy atom. The summed E-state index contributed by atoms with van der Waals surface area (Å²) in [4.78, 5) is 23.2. The highest BCUT2D eigenvalue weighted by atomic mass is 32.1. The number of hydrogen-bond donors (Lipinski definition) is 2. The van der Waals surface area contributed by atoms with Gasteiger partial charge in [0.2, 0.25) is 0 Å². The molecule has 0 aliphatic carbocycles. The van der Waals surface area contributed by atoms with E-state index in [0.717, 1.165) is 10.4 Å². The van der Waals surface area contributed by atoms with E-state index in [1.165, 1.54) is 12.1 Å². The first-order valence-corrected chi connectivity index (χ1v) is 6.49. The quantitative estimate of drug-likeness (QED) is 0.900. The smallest absolute Gasteiger partial charge is 0.336 e. The maximum Gasteiger partial charge on any atom is 0.336 e. The van der Waals surface area contributed by atoms with Crippen LogP contribution in [0.15, 0.2) is 29.6 Å². The van der Waals surface area contributed by atoms with E-state index in [1.807, 2.05) is 18.4 Å². The number of hydrogen-bond acceptors (Lipinski definition) is 3. The van der Waals surface area contributed by atoms with Crippen LogP contribution in [-0.4, -0.2) is 22.2 Å². The Balaban J connectivity index is 2.43. The van der Waals surface area contributed by atoms with Crippen LogP contribution in [0.5, 0.6) is 0 Å². The van der Waals surface area contributed by atoms with E-state index in [4.69, 9.17) is 5.11 Å². The zero-order valence-electron chi connectivity index (χ0n) is 10.2. The summed E-state index contributed by atoms with van der Waals surface area (Å²) in [5, 5.41) is 20.0. The van der Waals surface area contributed by atoms with Crippen molar-refractivity contribution < 1.29 is 19.8 Å². The molecule has 5 heteroatoms. The van der Waals surface area contributed by atoms with Crippen molar-refractivity contribution in [3.05, 3.63) is 56.8 Å². The summed E-state index contributed by atoms with van der Waals surface area (Å²) >= 11 is 1.60. The molecule has 0 radical (unpaired) electrons. The predicted octanol–water partition coefficient (Wildman–Crippen LogP) is 3.04. The first-order chi connectivity index (χ1) is 8.99. The number of thiophene rings is 1. The van der Waals surface area contributed by atoms with E-state index in [1.54, 1.807) is 17.4 Å². The molecule has 0 aliphatic heterocycles. The zero-order valence-corrected chi connectivity index (χ0v) is 11.0. The second-order valence-electron chi connectivity index (χ2n) is 4.16. The molecule has 2 N–H and O–H groups in total. The lowest BCUT2D eigenvalue weighted by Crippen LogP contribution is -2.06. The van der Waals surface area contributed by atoms with Gasteiger partial charge in [-0.1, -0.05) is 6.07 Å². The molecular formula is C14H12O4S. The summed E-state index contributed by atoms with van der Waals surface area (Å²) in [5.74, 6) is -2.23. The number of aryl methyl sites for hydroxylation is 1. The van der Waals surface area contributed by atoms with Gasteiger partial charge in [0, 0.05) is 4.88 Å². The topological polar surface area (TPSA) is 74.6 Å². The maximum absolute atomic E-state index is 11.2. The van der Waals surface area contributed by atoms with E-state index in [0.29, 0.717) is 12.0 Å². The molecule has 2 rings (SSSR count). The van der Waals surface area contributed by atoms with Crippen LogP contribution in [0.4, 0.5) is 0 Å². The van der Waals surface area contributed by atoms with Gasteiger partial charge in [0.25, 0.3) is 0 Å². The monoisotopic (exact) mass is 276 g/mol. The Kier molecular flexibility index (Phi) is 3.66. The molecule has 0 saturated carbocycles. The average Bonchev–Trinajstić information content (AvgIpc) is 2.75. The standard InChI is InChI=1S/C14H12O4S/c1-8-9(4-5-19-8)6-10-2-3-11(13(15)16)7-12(10)14(17)18/h2-5,7H,6H2,1H3,(H,15,16)(H,17,18). The minimum absolute atomic E-state index is 0.0109. The largest absolute Gasteiger partial charge is 0.478 e. The fourth-order valence-electron chi connectivity index (χ4n) is 1.86. The highest BCUT2D eigenvalue weighted by molar-refractivity contribution is 7.10. The van der Waals surface area contributed by atoms with Crippen molar-refractivity contribution in [1.29, 1.82) is 0 Å². The first kappa shape index (κ1) is 13.3. The summed E-state index contributed by atoms with van der Waals surface area (Å²) < 4.78 is 0. The molecule has 1 heterocycles. The molecule has 0 atom stereocenters. The number of carboxylic acid groups (broad SMARTS) is 2. The summed E-state index contributed by atoms with van der Waals surface area (Å²) in [6.07, 6.45) is 0.497. The number of aromatic carboxylic acids is 2. The van der Waals surface area contributed by atoms with Gasteiger partial charge in [-0.2, -0.15) is 0 Å². The van der Waals surface area contributed by atoms with Crippen LogP contribution in [0.3, 0.4) is 0 Å². The lowest BCUT2D eigenvalue weighted by Gasteiger charge is -2.07. The van der Waals surface area contributed by atoms with Crippen LogP contribution in [0, 0.1) is 6.92 Å². The molecule has 0 aliphatic rings. The van der Waals surface area contributed by atoms with Gasteiger partial charge in [-0.25, -0.2) is 9.59 Å². The summed E-state index contributed by atoms with van der Waals surface area (Å²) in [6.45, 7) is 1.98. The molecule has 0 saturated heterocycles. The molecule has 98 valence electrons. The molecule has 0 spiro atoms. The molecule has 0 unspecified atom stereocenters. The van der Waals surface area contributed by atoms with E-state index >= 15 is 0 Å². The molecule has 2 aromatic rings. The summed E-state index contributed by atoms with van der Waals surface area (Å²) in [7, 11) is 0. The molecule has 0 amide bonds. The zero-order chi connectivity index (χ0) is 14.0. The Bertz CT molecular complexity index is 643. The van der Waals surface area contributed by atoms with E-state index in [9.17, 15) is 14.7 Å². The van der Waals surface area contributed by atoms with Crippen LogP contribution >= 0.6 is 11.3 Å². The predicted molar refractivity (Wildman–Crippen MR) is 72.2 cm³/mol. The lowest BCUT2D eigenvalue weighted by atomic mass is 9.98. The van der Waals surface area contributed by atoms with Gasteiger partial charge in [-0.05, 0) is 48.1 Å². The van der Waals surface area contributed by atoms with Crippen LogP contribution in [-0.2, 0) is 6.42 Å². The van der Waals surface area contributed by atoms with E-state index in [2.05, 4.69) is 0 Å². The average molecular weight is 276 g/mol. The molecule has 4 nitrogen and oxygen atoms in total. The van der Waals surface area contributed by atoms with Gasteiger partial charge in [0.15, 0.2) is 0 Å². The van der Waals surface area contributed by atoms with Crippen LogP contribution < -0.4 is 0 Å². The van der Waals surface area contributed by atoms with Crippen LogP contribution in [0.1, 0.15) is 36.7 Å². The fraction of sp³-hybridized carbons (Fsp3) is 0.143. The van der Waals surface area contributed by atoms with E-state index in [-0.39, 0.29) is 11.1 Å². The van der Waals surface area contributed by atoms with Gasteiger partial charge in [-0.15, -0.1) is 11.3 Å². The Labute approximate surface area is 114 Å². The molecule has 0 bridgehead atoms. The Morgan fingerprint density at radius 1 is 1.11 bits per heavy atom. The first-order valence-electron chi connectivity index (χ1n) is 5.61. The van der Waals surface area contributed by atoms with Crippen molar-refractivity contribution in [2.75, 3.05) is 0 Å². The second kappa shape index (κ2) is 5.24. The van der Waals surface area contributed by atoms with Crippen molar-refractivity contribution in [3.8, 4) is 0 Å². The number of carbonyl (C=O) groups is 2. The van der Waals surface area contributed by atoms with Crippen molar-refractivity contribution in [2.24, 2.45) is 0 Å². The summed E-state index contributed by atoms with van der Waals surface area (Å²) in [5.41, 5.74) is 1.73. The fourth-order valence-corrected chi connectivity index (χ4v) is 2.59. The SMILES string of the molecule is Cc1sccc1Cc1ccc(C(=O)O)cc1C(=O)O. The lowest BCUT2D eigenvalue weighted by molar-refractivity contribution is 0.0695.